The van der Waals surface area contributed by atoms with Gasteiger partial charge >= 0.3 is 6.18 Å². The molecule has 1 unspecified atom stereocenters. The second-order valence-electron chi connectivity index (χ2n) is 6.46. The van der Waals surface area contributed by atoms with Gasteiger partial charge in [0, 0.05) is 30.9 Å². The summed E-state index contributed by atoms with van der Waals surface area (Å²) < 4.78 is 41.1. The SMILES string of the molecule is Cc1cc(=O)c(C(=O)N2CCCC2CN)nn1-c1ccccc1C(F)(F)F. The van der Waals surface area contributed by atoms with Gasteiger partial charge in [-0.2, -0.15) is 18.3 Å². The van der Waals surface area contributed by atoms with Crippen LogP contribution in [0, 0.1) is 6.92 Å². The lowest BCUT2D eigenvalue weighted by molar-refractivity contribution is -0.137. The molecule has 1 atom stereocenters. The lowest BCUT2D eigenvalue weighted by Crippen LogP contribution is -2.42. The molecule has 6 nitrogen and oxygen atoms in total. The van der Waals surface area contributed by atoms with E-state index in [0.717, 1.165) is 29.7 Å². The van der Waals surface area contributed by atoms with Crippen molar-refractivity contribution in [2.24, 2.45) is 5.73 Å². The highest BCUT2D eigenvalue weighted by Crippen LogP contribution is 2.33. The molecule has 0 radical (unpaired) electrons. The number of hydrogen-bond donors (Lipinski definition) is 1. The van der Waals surface area contributed by atoms with E-state index in [-0.39, 0.29) is 24.0 Å². The zero-order chi connectivity index (χ0) is 19.8. The molecule has 1 amide bonds. The van der Waals surface area contributed by atoms with Gasteiger partial charge in [0.15, 0.2) is 5.69 Å². The molecule has 0 aliphatic carbocycles. The summed E-state index contributed by atoms with van der Waals surface area (Å²) in [4.78, 5) is 26.6. The molecule has 0 saturated carbocycles. The summed E-state index contributed by atoms with van der Waals surface area (Å²) in [6.07, 6.45) is -3.12. The number of carbonyl (C=O) groups is 1. The molecule has 144 valence electrons. The topological polar surface area (TPSA) is 81.2 Å². The minimum atomic E-state index is -4.60. The average molecular weight is 380 g/mol. The summed E-state index contributed by atoms with van der Waals surface area (Å²) in [6, 6.07) is 5.82. The number of aryl methyl sites for hydroxylation is 1. The number of alkyl halides is 3. The molecule has 2 heterocycles. The van der Waals surface area contributed by atoms with E-state index in [4.69, 9.17) is 5.73 Å². The Morgan fingerprint density at radius 3 is 2.70 bits per heavy atom. The highest BCUT2D eigenvalue weighted by Gasteiger charge is 2.35. The fourth-order valence-corrected chi connectivity index (χ4v) is 3.32. The third kappa shape index (κ3) is 3.59. The number of nitrogens with zero attached hydrogens (tertiary/aromatic N) is 3. The number of aromatic nitrogens is 2. The molecule has 9 heteroatoms. The van der Waals surface area contributed by atoms with E-state index in [1.807, 2.05) is 0 Å². The first-order valence-corrected chi connectivity index (χ1v) is 8.52. The number of carbonyl (C=O) groups excluding carboxylic acids is 1. The number of halogens is 3. The van der Waals surface area contributed by atoms with Crippen LogP contribution in [-0.4, -0.2) is 39.7 Å². The highest BCUT2D eigenvalue weighted by atomic mass is 19.4. The summed E-state index contributed by atoms with van der Waals surface area (Å²) in [7, 11) is 0. The Hall–Kier alpha value is -2.68. The van der Waals surface area contributed by atoms with Crippen molar-refractivity contribution >= 4 is 5.91 Å². The minimum Gasteiger partial charge on any atom is -0.333 e. The van der Waals surface area contributed by atoms with Crippen LogP contribution in [0.15, 0.2) is 35.1 Å². The van der Waals surface area contributed by atoms with Crippen LogP contribution in [0.5, 0.6) is 0 Å². The molecular weight excluding hydrogens is 361 g/mol. The lowest BCUT2D eigenvalue weighted by atomic mass is 10.1. The summed E-state index contributed by atoms with van der Waals surface area (Å²) in [5.41, 5.74) is 3.70. The number of para-hydroxylation sites is 1. The maximum atomic E-state index is 13.4. The van der Waals surface area contributed by atoms with Crippen molar-refractivity contribution in [1.29, 1.82) is 0 Å². The molecule has 2 aromatic rings. The van der Waals surface area contributed by atoms with E-state index in [1.54, 1.807) is 0 Å². The second kappa shape index (κ2) is 7.15. The van der Waals surface area contributed by atoms with Crippen LogP contribution in [0.1, 0.15) is 34.6 Å². The van der Waals surface area contributed by atoms with Gasteiger partial charge in [-0.15, -0.1) is 0 Å². The van der Waals surface area contributed by atoms with Crippen LogP contribution < -0.4 is 11.2 Å². The average Bonchev–Trinajstić information content (AvgIpc) is 3.09. The molecule has 0 bridgehead atoms. The minimum absolute atomic E-state index is 0.198. The molecule has 1 aliphatic rings. The number of nitrogens with two attached hydrogens (primary N) is 1. The van der Waals surface area contributed by atoms with Crippen molar-refractivity contribution in [2.45, 2.75) is 32.0 Å². The van der Waals surface area contributed by atoms with E-state index in [9.17, 15) is 22.8 Å². The summed E-state index contributed by atoms with van der Waals surface area (Å²) >= 11 is 0. The van der Waals surface area contributed by atoms with Crippen molar-refractivity contribution in [3.8, 4) is 5.69 Å². The van der Waals surface area contributed by atoms with E-state index in [0.29, 0.717) is 6.54 Å². The van der Waals surface area contributed by atoms with Gasteiger partial charge in [-0.25, -0.2) is 4.68 Å². The normalized spacial score (nSPS) is 17.4. The third-order valence-electron chi connectivity index (χ3n) is 4.66. The smallest absolute Gasteiger partial charge is 0.333 e. The van der Waals surface area contributed by atoms with Gasteiger partial charge in [0.2, 0.25) is 5.43 Å². The Labute approximate surface area is 153 Å². The van der Waals surface area contributed by atoms with Crippen molar-refractivity contribution in [2.75, 3.05) is 13.1 Å². The fraction of sp³-hybridized carbons (Fsp3) is 0.389. The summed E-state index contributed by atoms with van der Waals surface area (Å²) in [5.74, 6) is -0.605. The quantitative estimate of drug-likeness (QED) is 0.885. The number of benzene rings is 1. The molecule has 1 aromatic heterocycles. The molecule has 1 aromatic carbocycles. The van der Waals surface area contributed by atoms with Gasteiger partial charge in [0.25, 0.3) is 5.91 Å². The van der Waals surface area contributed by atoms with Crippen molar-refractivity contribution in [3.63, 3.8) is 0 Å². The number of amides is 1. The number of likely N-dealkylation sites (tertiary alicyclic amines) is 1. The van der Waals surface area contributed by atoms with E-state index >= 15 is 0 Å². The van der Waals surface area contributed by atoms with E-state index in [2.05, 4.69) is 5.10 Å². The highest BCUT2D eigenvalue weighted by molar-refractivity contribution is 5.92. The number of rotatable bonds is 3. The largest absolute Gasteiger partial charge is 0.418 e. The van der Waals surface area contributed by atoms with Crippen LogP contribution in [0.4, 0.5) is 13.2 Å². The molecule has 2 N–H and O–H groups in total. The summed E-state index contributed by atoms with van der Waals surface area (Å²) in [6.45, 7) is 2.16. The van der Waals surface area contributed by atoms with Crippen LogP contribution in [0.3, 0.4) is 0 Å². The van der Waals surface area contributed by atoms with Crippen molar-refractivity contribution in [3.05, 3.63) is 57.5 Å². The van der Waals surface area contributed by atoms with Crippen molar-refractivity contribution < 1.29 is 18.0 Å². The first-order valence-electron chi connectivity index (χ1n) is 8.52. The molecule has 0 spiro atoms. The van der Waals surface area contributed by atoms with Gasteiger partial charge in [0.1, 0.15) is 0 Å². The van der Waals surface area contributed by atoms with Crippen LogP contribution in [0.25, 0.3) is 5.69 Å². The lowest BCUT2D eigenvalue weighted by Gasteiger charge is -2.23. The Morgan fingerprint density at radius 2 is 2.04 bits per heavy atom. The van der Waals surface area contributed by atoms with Gasteiger partial charge in [0.05, 0.1) is 11.3 Å². The first-order chi connectivity index (χ1) is 12.7. The fourth-order valence-electron chi connectivity index (χ4n) is 3.32. The molecule has 1 fully saturated rings. The Balaban J connectivity index is 2.12. The second-order valence-corrected chi connectivity index (χ2v) is 6.46. The van der Waals surface area contributed by atoms with E-state index < -0.39 is 28.8 Å². The first kappa shape index (κ1) is 19.1. The predicted octanol–water partition coefficient (Wildman–Crippen LogP) is 2.12. The Kier molecular flexibility index (Phi) is 5.05. The molecule has 1 aliphatic heterocycles. The zero-order valence-corrected chi connectivity index (χ0v) is 14.7. The van der Waals surface area contributed by atoms with Crippen LogP contribution in [0.2, 0.25) is 0 Å². The predicted molar refractivity (Wildman–Crippen MR) is 92.7 cm³/mol. The zero-order valence-electron chi connectivity index (χ0n) is 14.7. The van der Waals surface area contributed by atoms with E-state index in [1.165, 1.54) is 30.0 Å². The maximum Gasteiger partial charge on any atom is 0.418 e. The number of hydrogen-bond acceptors (Lipinski definition) is 4. The van der Waals surface area contributed by atoms with Gasteiger partial charge < -0.3 is 10.6 Å². The third-order valence-corrected chi connectivity index (χ3v) is 4.66. The molecule has 1 saturated heterocycles. The Bertz CT molecular complexity index is 924. The van der Waals surface area contributed by atoms with Crippen molar-refractivity contribution in [1.82, 2.24) is 14.7 Å². The standard InChI is InChI=1S/C18H19F3N4O2/c1-11-9-15(26)16(17(27)24-8-4-5-12(24)10-22)23-25(11)14-7-3-2-6-13(14)18(19,20)21/h2-3,6-7,9,12H,4-5,8,10,22H2,1H3. The maximum absolute atomic E-state index is 13.4. The van der Waals surface area contributed by atoms with Crippen LogP contribution >= 0.6 is 0 Å². The molecular formula is C18H19F3N4O2. The Morgan fingerprint density at radius 1 is 1.33 bits per heavy atom. The monoisotopic (exact) mass is 380 g/mol. The molecule has 27 heavy (non-hydrogen) atoms. The van der Waals surface area contributed by atoms with Gasteiger partial charge in [-0.05, 0) is 31.9 Å². The molecule has 3 rings (SSSR count). The summed E-state index contributed by atoms with van der Waals surface area (Å²) in [5, 5.41) is 4.00. The van der Waals surface area contributed by atoms with Gasteiger partial charge in [-0.3, -0.25) is 9.59 Å². The van der Waals surface area contributed by atoms with Gasteiger partial charge in [-0.1, -0.05) is 12.1 Å². The van der Waals surface area contributed by atoms with Crippen LogP contribution in [-0.2, 0) is 6.18 Å².